The van der Waals surface area contributed by atoms with Crippen LogP contribution in [0.15, 0.2) is 30.7 Å². The van der Waals surface area contributed by atoms with Crippen LogP contribution in [0, 0.1) is 5.82 Å². The largest absolute Gasteiger partial charge is 0.497 e. The van der Waals surface area contributed by atoms with Gasteiger partial charge in [-0.3, -0.25) is 4.57 Å². The van der Waals surface area contributed by atoms with Crippen LogP contribution in [0.5, 0.6) is 5.75 Å². The van der Waals surface area contributed by atoms with Crippen LogP contribution in [0.25, 0.3) is 5.69 Å². The topological polar surface area (TPSA) is 39.1 Å². The summed E-state index contributed by atoms with van der Waals surface area (Å²) in [6, 6.07) is 4.97. The summed E-state index contributed by atoms with van der Waals surface area (Å²) in [5, 5.41) is 3.47. The maximum atomic E-state index is 14.1. The van der Waals surface area contributed by atoms with E-state index in [-0.39, 0.29) is 11.9 Å². The SMILES string of the molecule is COc1ccc(F)c(-n2cncc2C2CCCCN2)c1. The first kappa shape index (κ1) is 13.1. The normalized spacial score (nSPS) is 19.0. The summed E-state index contributed by atoms with van der Waals surface area (Å²) in [7, 11) is 1.58. The number of halogens is 1. The number of methoxy groups -OCH3 is 1. The molecule has 106 valence electrons. The molecule has 1 aliphatic rings. The van der Waals surface area contributed by atoms with Crippen LogP contribution >= 0.6 is 0 Å². The molecule has 3 rings (SSSR count). The van der Waals surface area contributed by atoms with Crippen molar-refractivity contribution in [2.45, 2.75) is 25.3 Å². The number of piperidine rings is 1. The molecule has 20 heavy (non-hydrogen) atoms. The van der Waals surface area contributed by atoms with E-state index in [4.69, 9.17) is 4.74 Å². The molecular formula is C15H18FN3O. The third-order valence-corrected chi connectivity index (χ3v) is 3.75. The average Bonchev–Trinajstić information content (AvgIpc) is 2.98. The molecule has 0 amide bonds. The number of hydrogen-bond acceptors (Lipinski definition) is 3. The average molecular weight is 275 g/mol. The van der Waals surface area contributed by atoms with E-state index >= 15 is 0 Å². The molecule has 1 aliphatic heterocycles. The lowest BCUT2D eigenvalue weighted by Gasteiger charge is -2.24. The highest BCUT2D eigenvalue weighted by molar-refractivity contribution is 5.42. The first-order chi connectivity index (χ1) is 9.79. The Morgan fingerprint density at radius 2 is 2.30 bits per heavy atom. The summed E-state index contributed by atoms with van der Waals surface area (Å²) in [4.78, 5) is 4.19. The van der Waals surface area contributed by atoms with Gasteiger partial charge in [0, 0.05) is 12.1 Å². The zero-order valence-corrected chi connectivity index (χ0v) is 11.5. The zero-order valence-electron chi connectivity index (χ0n) is 11.5. The summed E-state index contributed by atoms with van der Waals surface area (Å²) in [6.07, 6.45) is 6.89. The molecule has 4 nitrogen and oxygen atoms in total. The number of rotatable bonds is 3. The monoisotopic (exact) mass is 275 g/mol. The molecule has 2 heterocycles. The van der Waals surface area contributed by atoms with Crippen LogP contribution in [0.2, 0.25) is 0 Å². The van der Waals surface area contributed by atoms with Crippen LogP contribution < -0.4 is 10.1 Å². The number of ether oxygens (including phenoxy) is 1. The molecule has 1 unspecified atom stereocenters. The Balaban J connectivity index is 2.00. The second-order valence-electron chi connectivity index (χ2n) is 5.01. The molecule has 1 atom stereocenters. The minimum absolute atomic E-state index is 0.233. The van der Waals surface area contributed by atoms with Crippen molar-refractivity contribution in [1.29, 1.82) is 0 Å². The van der Waals surface area contributed by atoms with E-state index in [0.717, 1.165) is 18.7 Å². The Labute approximate surface area is 117 Å². The van der Waals surface area contributed by atoms with Crippen LogP contribution in [-0.4, -0.2) is 23.2 Å². The van der Waals surface area contributed by atoms with Gasteiger partial charge in [-0.25, -0.2) is 9.37 Å². The summed E-state index contributed by atoms with van der Waals surface area (Å²) in [6.45, 7) is 0.996. The second kappa shape index (κ2) is 5.63. The molecule has 1 saturated heterocycles. The van der Waals surface area contributed by atoms with Crippen molar-refractivity contribution in [3.05, 3.63) is 42.2 Å². The predicted molar refractivity (Wildman–Crippen MR) is 74.7 cm³/mol. The van der Waals surface area contributed by atoms with Gasteiger partial charge in [-0.2, -0.15) is 0 Å². The lowest BCUT2D eigenvalue weighted by atomic mass is 10.0. The lowest BCUT2D eigenvalue weighted by molar-refractivity contribution is 0.400. The molecule has 1 aromatic carbocycles. The van der Waals surface area contributed by atoms with Gasteiger partial charge in [-0.15, -0.1) is 0 Å². The molecule has 1 aromatic heterocycles. The zero-order chi connectivity index (χ0) is 13.9. The number of aromatic nitrogens is 2. The fourth-order valence-corrected chi connectivity index (χ4v) is 2.67. The quantitative estimate of drug-likeness (QED) is 0.936. The summed E-state index contributed by atoms with van der Waals surface area (Å²) in [5.74, 6) is 0.360. The van der Waals surface area contributed by atoms with Crippen molar-refractivity contribution in [3.8, 4) is 11.4 Å². The molecule has 5 heteroatoms. The molecule has 1 N–H and O–H groups in total. The van der Waals surface area contributed by atoms with Crippen molar-refractivity contribution in [3.63, 3.8) is 0 Å². The van der Waals surface area contributed by atoms with Gasteiger partial charge in [-0.1, -0.05) is 6.42 Å². The Kier molecular flexibility index (Phi) is 3.69. The van der Waals surface area contributed by atoms with Gasteiger partial charge < -0.3 is 10.1 Å². The van der Waals surface area contributed by atoms with Crippen molar-refractivity contribution < 1.29 is 9.13 Å². The number of nitrogens with one attached hydrogen (secondary N) is 1. The highest BCUT2D eigenvalue weighted by Crippen LogP contribution is 2.27. The Morgan fingerprint density at radius 3 is 3.05 bits per heavy atom. The smallest absolute Gasteiger partial charge is 0.147 e. The standard InChI is InChI=1S/C15H18FN3O/c1-20-11-5-6-12(16)14(8-11)19-10-17-9-15(19)13-4-2-3-7-18-13/h5-6,8-10,13,18H,2-4,7H2,1H3. The second-order valence-corrected chi connectivity index (χ2v) is 5.01. The van der Waals surface area contributed by atoms with Gasteiger partial charge >= 0.3 is 0 Å². The molecule has 0 aliphatic carbocycles. The predicted octanol–water partition coefficient (Wildman–Crippen LogP) is 2.83. The third kappa shape index (κ3) is 2.41. The minimum atomic E-state index is -0.277. The van der Waals surface area contributed by atoms with E-state index in [1.165, 1.54) is 18.9 Å². The minimum Gasteiger partial charge on any atom is -0.497 e. The van der Waals surface area contributed by atoms with E-state index in [2.05, 4.69) is 10.3 Å². The van der Waals surface area contributed by atoms with Gasteiger partial charge in [-0.05, 0) is 31.5 Å². The van der Waals surface area contributed by atoms with Crippen molar-refractivity contribution >= 4 is 0 Å². The molecule has 0 bridgehead atoms. The first-order valence-corrected chi connectivity index (χ1v) is 6.89. The van der Waals surface area contributed by atoms with Crippen LogP contribution in [0.1, 0.15) is 31.0 Å². The fraction of sp³-hybridized carbons (Fsp3) is 0.400. The fourth-order valence-electron chi connectivity index (χ4n) is 2.67. The van der Waals surface area contributed by atoms with Crippen LogP contribution in [0.4, 0.5) is 4.39 Å². The van der Waals surface area contributed by atoms with Gasteiger partial charge in [0.05, 0.1) is 31.0 Å². The van der Waals surface area contributed by atoms with E-state index < -0.39 is 0 Å². The highest BCUT2D eigenvalue weighted by Gasteiger charge is 2.20. The first-order valence-electron chi connectivity index (χ1n) is 6.89. The number of nitrogens with zero attached hydrogens (tertiary/aromatic N) is 2. The third-order valence-electron chi connectivity index (χ3n) is 3.75. The Morgan fingerprint density at radius 1 is 1.40 bits per heavy atom. The van der Waals surface area contributed by atoms with Crippen molar-refractivity contribution in [2.75, 3.05) is 13.7 Å². The van der Waals surface area contributed by atoms with Gasteiger partial charge in [0.25, 0.3) is 0 Å². The van der Waals surface area contributed by atoms with Crippen molar-refractivity contribution in [1.82, 2.24) is 14.9 Å². The molecule has 0 saturated carbocycles. The van der Waals surface area contributed by atoms with Crippen LogP contribution in [0.3, 0.4) is 0 Å². The van der Waals surface area contributed by atoms with E-state index in [1.807, 2.05) is 6.20 Å². The van der Waals surface area contributed by atoms with Gasteiger partial charge in [0.1, 0.15) is 11.6 Å². The van der Waals surface area contributed by atoms with Gasteiger partial charge in [0.2, 0.25) is 0 Å². The summed E-state index contributed by atoms with van der Waals surface area (Å²) < 4.78 is 21.1. The number of imidazole rings is 1. The van der Waals surface area contributed by atoms with E-state index in [9.17, 15) is 4.39 Å². The highest BCUT2D eigenvalue weighted by atomic mass is 19.1. The van der Waals surface area contributed by atoms with E-state index in [1.54, 1.807) is 30.1 Å². The molecule has 0 spiro atoms. The molecular weight excluding hydrogens is 257 g/mol. The van der Waals surface area contributed by atoms with Crippen molar-refractivity contribution in [2.24, 2.45) is 0 Å². The Hall–Kier alpha value is -1.88. The molecule has 1 fully saturated rings. The maximum Gasteiger partial charge on any atom is 0.147 e. The molecule has 0 radical (unpaired) electrons. The number of benzene rings is 1. The van der Waals surface area contributed by atoms with E-state index in [0.29, 0.717) is 11.4 Å². The molecule has 2 aromatic rings. The van der Waals surface area contributed by atoms with Gasteiger partial charge in [0.15, 0.2) is 0 Å². The lowest BCUT2D eigenvalue weighted by Crippen LogP contribution is -2.28. The summed E-state index contributed by atoms with van der Waals surface area (Å²) >= 11 is 0. The maximum absolute atomic E-state index is 14.1. The Bertz CT molecular complexity index is 591. The number of hydrogen-bond donors (Lipinski definition) is 1. The summed E-state index contributed by atoms with van der Waals surface area (Å²) in [5.41, 5.74) is 1.47. The van der Waals surface area contributed by atoms with Crippen LogP contribution in [-0.2, 0) is 0 Å².